The van der Waals surface area contributed by atoms with E-state index in [0.717, 1.165) is 19.4 Å². The number of likely N-dealkylation sites (tertiary alicyclic amines) is 1. The Morgan fingerprint density at radius 1 is 1.33 bits per heavy atom. The van der Waals surface area contributed by atoms with Crippen LogP contribution in [0.5, 0.6) is 5.75 Å². The highest BCUT2D eigenvalue weighted by molar-refractivity contribution is 6.02. The maximum atomic E-state index is 12.6. The zero-order valence-electron chi connectivity index (χ0n) is 12.9. The third-order valence-electron chi connectivity index (χ3n) is 4.86. The van der Waals surface area contributed by atoms with Gasteiger partial charge in [0.2, 0.25) is 0 Å². The molecular formula is C17H17F2N3O2. The SMILES string of the molecule is O=C(Nc1ccc(OC(F)F)c2ncccc12)N1CC2CCC1C2. The minimum absolute atomic E-state index is 0.00108. The quantitative estimate of drug-likeness (QED) is 0.928. The summed E-state index contributed by atoms with van der Waals surface area (Å²) < 4.78 is 29.6. The van der Waals surface area contributed by atoms with Crippen LogP contribution in [0.2, 0.25) is 0 Å². The van der Waals surface area contributed by atoms with Gasteiger partial charge in [-0.1, -0.05) is 0 Å². The lowest BCUT2D eigenvalue weighted by Crippen LogP contribution is -2.40. The molecule has 2 bridgehead atoms. The fourth-order valence-corrected chi connectivity index (χ4v) is 3.81. The van der Waals surface area contributed by atoms with Crippen molar-refractivity contribution in [2.45, 2.75) is 31.9 Å². The molecule has 126 valence electrons. The predicted molar refractivity (Wildman–Crippen MR) is 85.2 cm³/mol. The van der Waals surface area contributed by atoms with Crippen LogP contribution in [0, 0.1) is 5.92 Å². The summed E-state index contributed by atoms with van der Waals surface area (Å²) in [7, 11) is 0. The van der Waals surface area contributed by atoms with E-state index in [1.807, 2.05) is 4.90 Å². The highest BCUT2D eigenvalue weighted by Gasteiger charge is 2.40. The maximum absolute atomic E-state index is 12.6. The number of pyridine rings is 1. The number of piperidine rings is 1. The summed E-state index contributed by atoms with van der Waals surface area (Å²) in [6.45, 7) is -2.13. The standard InChI is InChI=1S/C17H17F2N3O2/c18-16(19)24-14-6-5-13(12-2-1-7-20-15(12)14)21-17(23)22-9-10-3-4-11(22)8-10/h1-2,5-7,10-11,16H,3-4,8-9H2,(H,21,23). The maximum Gasteiger partial charge on any atom is 0.387 e. The van der Waals surface area contributed by atoms with Gasteiger partial charge in [0, 0.05) is 24.2 Å². The van der Waals surface area contributed by atoms with Crippen molar-refractivity contribution < 1.29 is 18.3 Å². The molecule has 1 aromatic carbocycles. The lowest BCUT2D eigenvalue weighted by Gasteiger charge is -2.27. The molecule has 0 radical (unpaired) electrons. The fraction of sp³-hybridized carbons (Fsp3) is 0.412. The average Bonchev–Trinajstić information content (AvgIpc) is 3.20. The van der Waals surface area contributed by atoms with Gasteiger partial charge >= 0.3 is 12.6 Å². The van der Waals surface area contributed by atoms with E-state index < -0.39 is 6.61 Å². The van der Waals surface area contributed by atoms with Gasteiger partial charge < -0.3 is 15.0 Å². The first-order valence-electron chi connectivity index (χ1n) is 8.02. The largest absolute Gasteiger partial charge is 0.432 e. The van der Waals surface area contributed by atoms with Gasteiger partial charge in [0.05, 0.1) is 5.69 Å². The molecule has 1 aliphatic carbocycles. The molecule has 2 heterocycles. The average molecular weight is 333 g/mol. The number of halogens is 2. The number of anilines is 1. The highest BCUT2D eigenvalue weighted by atomic mass is 19.3. The number of nitrogens with one attached hydrogen (secondary N) is 1. The number of carbonyl (C=O) groups is 1. The number of rotatable bonds is 3. The van der Waals surface area contributed by atoms with Crippen LogP contribution in [0.4, 0.5) is 19.3 Å². The molecule has 24 heavy (non-hydrogen) atoms. The number of hydrogen-bond donors (Lipinski definition) is 1. The number of urea groups is 1. The summed E-state index contributed by atoms with van der Waals surface area (Å²) in [5.41, 5.74) is 0.853. The molecule has 2 aliphatic rings. The summed E-state index contributed by atoms with van der Waals surface area (Å²) in [4.78, 5) is 18.5. The molecule has 2 unspecified atom stereocenters. The van der Waals surface area contributed by atoms with Crippen molar-refractivity contribution in [3.05, 3.63) is 30.5 Å². The monoisotopic (exact) mass is 333 g/mol. The van der Waals surface area contributed by atoms with Crippen molar-refractivity contribution >= 4 is 22.6 Å². The van der Waals surface area contributed by atoms with Crippen LogP contribution in [-0.4, -0.2) is 35.1 Å². The molecule has 2 aromatic rings. The van der Waals surface area contributed by atoms with Crippen molar-refractivity contribution in [2.75, 3.05) is 11.9 Å². The Balaban J connectivity index is 1.61. The van der Waals surface area contributed by atoms with Crippen molar-refractivity contribution in [3.8, 4) is 5.75 Å². The summed E-state index contributed by atoms with van der Waals surface area (Å²) in [6, 6.07) is 6.59. The lowest BCUT2D eigenvalue weighted by molar-refractivity contribution is -0.0489. The van der Waals surface area contributed by atoms with Gasteiger partial charge in [-0.25, -0.2) is 4.79 Å². The van der Waals surface area contributed by atoms with Crippen molar-refractivity contribution in [3.63, 3.8) is 0 Å². The van der Waals surface area contributed by atoms with Crippen molar-refractivity contribution in [1.82, 2.24) is 9.88 Å². The van der Waals surface area contributed by atoms with Gasteiger partial charge in [-0.15, -0.1) is 0 Å². The van der Waals surface area contributed by atoms with Crippen LogP contribution in [0.25, 0.3) is 10.9 Å². The molecule has 1 aromatic heterocycles. The predicted octanol–water partition coefficient (Wildman–Crippen LogP) is 3.85. The Bertz CT molecular complexity index is 784. The molecule has 2 fully saturated rings. The van der Waals surface area contributed by atoms with Gasteiger partial charge in [0.25, 0.3) is 0 Å². The van der Waals surface area contributed by atoms with Gasteiger partial charge in [-0.05, 0) is 49.4 Å². The third-order valence-corrected chi connectivity index (χ3v) is 4.86. The van der Waals surface area contributed by atoms with E-state index in [2.05, 4.69) is 15.0 Å². The molecule has 1 N–H and O–H groups in total. The van der Waals surface area contributed by atoms with Crippen molar-refractivity contribution in [1.29, 1.82) is 0 Å². The number of benzene rings is 1. The Labute approximate surface area is 137 Å². The number of amides is 2. The number of aromatic nitrogens is 1. The minimum atomic E-state index is -2.92. The second-order valence-electron chi connectivity index (χ2n) is 6.30. The minimum Gasteiger partial charge on any atom is -0.432 e. The van der Waals surface area contributed by atoms with Gasteiger partial charge in [-0.2, -0.15) is 8.78 Å². The Morgan fingerprint density at radius 3 is 2.92 bits per heavy atom. The van der Waals surface area contributed by atoms with Gasteiger partial charge in [-0.3, -0.25) is 4.98 Å². The summed E-state index contributed by atoms with van der Waals surface area (Å²) in [5.74, 6) is 0.611. The van der Waals surface area contributed by atoms with E-state index in [9.17, 15) is 13.6 Å². The van der Waals surface area contributed by atoms with E-state index in [1.54, 1.807) is 18.2 Å². The first-order chi connectivity index (χ1) is 11.6. The van der Waals surface area contributed by atoms with E-state index in [0.29, 0.717) is 28.6 Å². The molecule has 5 nitrogen and oxygen atoms in total. The third kappa shape index (κ3) is 2.64. The number of hydrogen-bond acceptors (Lipinski definition) is 3. The van der Waals surface area contributed by atoms with E-state index >= 15 is 0 Å². The molecule has 7 heteroatoms. The van der Waals surface area contributed by atoms with Crippen LogP contribution in [0.3, 0.4) is 0 Å². The van der Waals surface area contributed by atoms with Crippen LogP contribution in [0.1, 0.15) is 19.3 Å². The number of alkyl halides is 2. The zero-order valence-corrected chi connectivity index (χ0v) is 12.9. The summed E-state index contributed by atoms with van der Waals surface area (Å²) in [6.07, 6.45) is 4.84. The van der Waals surface area contributed by atoms with E-state index in [1.165, 1.54) is 18.7 Å². The summed E-state index contributed by atoms with van der Waals surface area (Å²) in [5, 5.41) is 3.47. The highest BCUT2D eigenvalue weighted by Crippen LogP contribution is 2.38. The second-order valence-corrected chi connectivity index (χ2v) is 6.30. The first kappa shape index (κ1) is 15.1. The van der Waals surface area contributed by atoms with Crippen LogP contribution < -0.4 is 10.1 Å². The smallest absolute Gasteiger partial charge is 0.387 e. The molecule has 1 aliphatic heterocycles. The lowest BCUT2D eigenvalue weighted by atomic mass is 10.1. The second kappa shape index (κ2) is 5.89. The van der Waals surface area contributed by atoms with Crippen molar-refractivity contribution in [2.24, 2.45) is 5.92 Å². The Hall–Kier alpha value is -2.44. The Morgan fingerprint density at radius 2 is 2.21 bits per heavy atom. The Kier molecular flexibility index (Phi) is 3.70. The number of nitrogens with zero attached hydrogens (tertiary/aromatic N) is 2. The molecule has 1 saturated heterocycles. The molecular weight excluding hydrogens is 316 g/mol. The molecule has 0 spiro atoms. The van der Waals surface area contributed by atoms with Crippen LogP contribution in [0.15, 0.2) is 30.5 Å². The van der Waals surface area contributed by atoms with E-state index in [-0.39, 0.29) is 11.8 Å². The van der Waals surface area contributed by atoms with Crippen LogP contribution >= 0.6 is 0 Å². The van der Waals surface area contributed by atoms with E-state index in [4.69, 9.17) is 0 Å². The summed E-state index contributed by atoms with van der Waals surface area (Å²) >= 11 is 0. The van der Waals surface area contributed by atoms with Crippen LogP contribution in [-0.2, 0) is 0 Å². The molecule has 4 rings (SSSR count). The number of ether oxygens (including phenoxy) is 1. The van der Waals surface area contributed by atoms with Gasteiger partial charge in [0.1, 0.15) is 5.52 Å². The zero-order chi connectivity index (χ0) is 16.7. The molecule has 2 atom stereocenters. The molecule has 1 saturated carbocycles. The number of fused-ring (bicyclic) bond motifs is 3. The van der Waals surface area contributed by atoms with Gasteiger partial charge in [0.15, 0.2) is 5.75 Å². The fourth-order valence-electron chi connectivity index (χ4n) is 3.81. The topological polar surface area (TPSA) is 54.5 Å². The first-order valence-corrected chi connectivity index (χ1v) is 8.02. The normalized spacial score (nSPS) is 22.4. The molecule has 2 amide bonds. The number of carbonyl (C=O) groups excluding carboxylic acids is 1.